The van der Waals surface area contributed by atoms with Gasteiger partial charge in [-0.25, -0.2) is 4.98 Å². The van der Waals surface area contributed by atoms with Crippen LogP contribution >= 0.6 is 11.8 Å². The average molecular weight is 398 g/mol. The number of carbonyl (C=O) groups excluding carboxylic acids is 1. The van der Waals surface area contributed by atoms with Crippen molar-refractivity contribution >= 4 is 34.3 Å². The molecule has 6 nitrogen and oxygen atoms in total. The fraction of sp³-hybridized carbons (Fsp3) is 0.286. The summed E-state index contributed by atoms with van der Waals surface area (Å²) in [7, 11) is 1.74. The van der Waals surface area contributed by atoms with Crippen LogP contribution in [-0.4, -0.2) is 39.5 Å². The lowest BCUT2D eigenvalue weighted by Gasteiger charge is -2.22. The predicted octanol–water partition coefficient (Wildman–Crippen LogP) is 2.92. The molecule has 3 rings (SSSR count). The van der Waals surface area contributed by atoms with Crippen LogP contribution < -0.4 is 10.5 Å². The molecule has 146 valence electrons. The van der Waals surface area contributed by atoms with Gasteiger partial charge < -0.3 is 10.0 Å². The molecule has 7 heteroatoms. The molecule has 0 saturated heterocycles. The van der Waals surface area contributed by atoms with Crippen molar-refractivity contribution in [2.24, 2.45) is 0 Å². The Balaban J connectivity index is 1.91. The molecule has 1 aromatic heterocycles. The number of aliphatic hydroxyl groups is 1. The minimum atomic E-state index is -0.432. The van der Waals surface area contributed by atoms with Crippen LogP contribution in [0.3, 0.4) is 0 Å². The average Bonchev–Trinajstić information content (AvgIpc) is 2.73. The smallest absolute Gasteiger partial charge is 0.262 e. The van der Waals surface area contributed by atoms with E-state index in [9.17, 15) is 14.7 Å². The Labute approximate surface area is 167 Å². The number of rotatable bonds is 7. The van der Waals surface area contributed by atoms with Gasteiger partial charge in [-0.2, -0.15) is 0 Å². The Morgan fingerprint density at radius 2 is 1.86 bits per heavy atom. The van der Waals surface area contributed by atoms with Crippen molar-refractivity contribution in [3.8, 4) is 0 Å². The van der Waals surface area contributed by atoms with Gasteiger partial charge in [-0.1, -0.05) is 42.1 Å². The summed E-state index contributed by atoms with van der Waals surface area (Å²) in [5.41, 5.74) is 1.26. The van der Waals surface area contributed by atoms with Gasteiger partial charge in [0.05, 0.1) is 16.2 Å². The SMILES string of the molecule is CC(Sc1nc2ccccc2c(=O)n1CCCO)C(=O)N(C)c1ccccc1. The summed E-state index contributed by atoms with van der Waals surface area (Å²) in [5, 5.41) is 9.77. The van der Waals surface area contributed by atoms with Crippen LogP contribution in [0.25, 0.3) is 10.9 Å². The maximum atomic E-state index is 12.9. The molecule has 1 N–H and O–H groups in total. The maximum absolute atomic E-state index is 12.9. The quantitative estimate of drug-likeness (QED) is 0.490. The fourth-order valence-corrected chi connectivity index (χ4v) is 3.95. The molecule has 1 atom stereocenters. The molecular formula is C21H23N3O3S. The summed E-state index contributed by atoms with van der Waals surface area (Å²) in [4.78, 5) is 32.0. The molecule has 3 aromatic rings. The number of anilines is 1. The topological polar surface area (TPSA) is 75.4 Å². The lowest BCUT2D eigenvalue weighted by Crippen LogP contribution is -2.34. The van der Waals surface area contributed by atoms with Crippen molar-refractivity contribution in [3.63, 3.8) is 0 Å². The number of thioether (sulfide) groups is 1. The van der Waals surface area contributed by atoms with Gasteiger partial charge in [0, 0.05) is 25.9 Å². The number of aromatic nitrogens is 2. The summed E-state index contributed by atoms with van der Waals surface area (Å²) < 4.78 is 1.55. The van der Waals surface area contributed by atoms with Crippen LogP contribution in [-0.2, 0) is 11.3 Å². The summed E-state index contributed by atoms with van der Waals surface area (Å²) in [6.45, 7) is 2.14. The molecule has 0 radical (unpaired) electrons. The first kappa shape index (κ1) is 20.1. The molecule has 0 bridgehead atoms. The Bertz CT molecular complexity index is 1020. The zero-order valence-corrected chi connectivity index (χ0v) is 16.7. The van der Waals surface area contributed by atoms with Gasteiger partial charge in [-0.15, -0.1) is 0 Å². The highest BCUT2D eigenvalue weighted by Gasteiger charge is 2.22. The second kappa shape index (κ2) is 9.03. The van der Waals surface area contributed by atoms with Crippen molar-refractivity contribution in [2.75, 3.05) is 18.6 Å². The van der Waals surface area contributed by atoms with E-state index in [1.165, 1.54) is 11.8 Å². The summed E-state index contributed by atoms with van der Waals surface area (Å²) >= 11 is 1.26. The van der Waals surface area contributed by atoms with Crippen LogP contribution in [0.2, 0.25) is 0 Å². The van der Waals surface area contributed by atoms with Crippen molar-refractivity contribution < 1.29 is 9.90 Å². The van der Waals surface area contributed by atoms with E-state index < -0.39 is 5.25 Å². The fourth-order valence-electron chi connectivity index (χ4n) is 2.92. The highest BCUT2D eigenvalue weighted by Crippen LogP contribution is 2.25. The Morgan fingerprint density at radius 1 is 1.18 bits per heavy atom. The maximum Gasteiger partial charge on any atom is 0.262 e. The van der Waals surface area contributed by atoms with Crippen LogP contribution in [0.4, 0.5) is 5.69 Å². The van der Waals surface area contributed by atoms with E-state index in [1.54, 1.807) is 34.7 Å². The molecule has 1 amide bonds. The lowest BCUT2D eigenvalue weighted by molar-refractivity contribution is -0.117. The molecule has 0 fully saturated rings. The zero-order chi connectivity index (χ0) is 20.1. The van der Waals surface area contributed by atoms with E-state index in [0.717, 1.165) is 5.69 Å². The van der Waals surface area contributed by atoms with Gasteiger partial charge in [0.1, 0.15) is 0 Å². The molecule has 1 unspecified atom stereocenters. The number of benzene rings is 2. The van der Waals surface area contributed by atoms with Crippen LogP contribution in [0.15, 0.2) is 64.5 Å². The third-order valence-corrected chi connectivity index (χ3v) is 5.55. The third-order valence-electron chi connectivity index (χ3n) is 4.47. The molecule has 0 aliphatic carbocycles. The van der Waals surface area contributed by atoms with Crippen LogP contribution in [0.1, 0.15) is 13.3 Å². The Morgan fingerprint density at radius 3 is 2.57 bits per heavy atom. The van der Waals surface area contributed by atoms with E-state index in [2.05, 4.69) is 4.98 Å². The van der Waals surface area contributed by atoms with E-state index >= 15 is 0 Å². The van der Waals surface area contributed by atoms with Gasteiger partial charge in [-0.3, -0.25) is 14.2 Å². The van der Waals surface area contributed by atoms with Gasteiger partial charge >= 0.3 is 0 Å². The molecule has 0 aliphatic rings. The molecule has 2 aromatic carbocycles. The number of hydrogen-bond acceptors (Lipinski definition) is 5. The predicted molar refractivity (Wildman–Crippen MR) is 113 cm³/mol. The minimum Gasteiger partial charge on any atom is -0.396 e. The molecule has 0 aliphatic heterocycles. The number of aliphatic hydroxyl groups excluding tert-OH is 1. The second-order valence-corrected chi connectivity index (χ2v) is 7.75. The number of amides is 1. The van der Waals surface area contributed by atoms with Crippen LogP contribution in [0, 0.1) is 0 Å². The van der Waals surface area contributed by atoms with E-state index in [1.807, 2.05) is 43.3 Å². The first-order valence-corrected chi connectivity index (χ1v) is 10.0. The number of carbonyl (C=O) groups is 1. The largest absolute Gasteiger partial charge is 0.396 e. The molecule has 0 saturated carbocycles. The first-order chi connectivity index (χ1) is 13.5. The highest BCUT2D eigenvalue weighted by molar-refractivity contribution is 8.00. The Kier molecular flexibility index (Phi) is 6.49. The minimum absolute atomic E-state index is 0.0192. The van der Waals surface area contributed by atoms with E-state index in [4.69, 9.17) is 0 Å². The summed E-state index contributed by atoms with van der Waals surface area (Å²) in [6, 6.07) is 16.6. The molecule has 1 heterocycles. The van der Waals surface area contributed by atoms with Crippen LogP contribution in [0.5, 0.6) is 0 Å². The third kappa shape index (κ3) is 4.26. The second-order valence-electron chi connectivity index (χ2n) is 6.44. The van der Waals surface area contributed by atoms with Crippen molar-refractivity contribution in [1.29, 1.82) is 0 Å². The monoisotopic (exact) mass is 397 g/mol. The molecule has 0 spiro atoms. The van der Waals surface area contributed by atoms with E-state index in [-0.39, 0.29) is 18.1 Å². The van der Waals surface area contributed by atoms with Gasteiger partial charge in [0.2, 0.25) is 5.91 Å². The lowest BCUT2D eigenvalue weighted by atomic mass is 10.2. The van der Waals surface area contributed by atoms with E-state index in [0.29, 0.717) is 29.0 Å². The standard InChI is InChI=1S/C21H23N3O3S/c1-15(19(26)23(2)16-9-4-3-5-10-16)28-21-22-18-12-7-6-11-17(18)20(27)24(21)13-8-14-25/h3-7,9-12,15,25H,8,13-14H2,1-2H3. The number of hydrogen-bond donors (Lipinski definition) is 1. The number of fused-ring (bicyclic) bond motifs is 1. The van der Waals surface area contributed by atoms with Gasteiger partial charge in [-0.05, 0) is 37.6 Å². The highest BCUT2D eigenvalue weighted by atomic mass is 32.2. The number of nitrogens with zero attached hydrogens (tertiary/aromatic N) is 3. The van der Waals surface area contributed by atoms with Crippen molar-refractivity contribution in [3.05, 3.63) is 65.0 Å². The van der Waals surface area contributed by atoms with Crippen molar-refractivity contribution in [1.82, 2.24) is 9.55 Å². The Hall–Kier alpha value is -2.64. The molecular weight excluding hydrogens is 374 g/mol. The van der Waals surface area contributed by atoms with Gasteiger partial charge in [0.25, 0.3) is 5.56 Å². The van der Waals surface area contributed by atoms with Gasteiger partial charge in [0.15, 0.2) is 5.16 Å². The first-order valence-electron chi connectivity index (χ1n) is 9.12. The zero-order valence-electron chi connectivity index (χ0n) is 15.9. The van der Waals surface area contributed by atoms with Crippen molar-refractivity contribution in [2.45, 2.75) is 30.3 Å². The summed E-state index contributed by atoms with van der Waals surface area (Å²) in [6.07, 6.45) is 0.444. The summed E-state index contributed by atoms with van der Waals surface area (Å²) in [5.74, 6) is -0.0766. The normalized spacial score (nSPS) is 12.1. The number of para-hydroxylation sites is 2. The molecule has 28 heavy (non-hydrogen) atoms.